The van der Waals surface area contributed by atoms with Gasteiger partial charge in [0.15, 0.2) is 0 Å². The first-order valence-electron chi connectivity index (χ1n) is 14.8. The molecule has 3 N–H and O–H groups in total. The predicted octanol–water partition coefficient (Wildman–Crippen LogP) is 5.30. The number of carbonyl (C=O) groups is 3. The first-order chi connectivity index (χ1) is 20.2. The van der Waals surface area contributed by atoms with Crippen LogP contribution in [0.3, 0.4) is 0 Å². The third-order valence-electron chi connectivity index (χ3n) is 8.73. The van der Waals surface area contributed by atoms with Crippen molar-refractivity contribution < 1.29 is 24.2 Å². The van der Waals surface area contributed by atoms with E-state index in [0.29, 0.717) is 31.7 Å². The van der Waals surface area contributed by atoms with Gasteiger partial charge in [0.1, 0.15) is 11.8 Å². The lowest BCUT2D eigenvalue weighted by molar-refractivity contribution is -0.138. The summed E-state index contributed by atoms with van der Waals surface area (Å²) in [7, 11) is 0. The number of aliphatic hydroxyl groups excluding tert-OH is 1. The summed E-state index contributed by atoms with van der Waals surface area (Å²) in [4.78, 5) is 44.0. The highest BCUT2D eigenvalue weighted by Crippen LogP contribution is 2.67. The second-order valence-corrected chi connectivity index (χ2v) is 14.3. The van der Waals surface area contributed by atoms with Gasteiger partial charge >= 0.3 is 0 Å². The molecule has 0 radical (unpaired) electrons. The normalized spacial score (nSPS) is 27.7. The van der Waals surface area contributed by atoms with Crippen LogP contribution in [0.15, 0.2) is 42.5 Å². The van der Waals surface area contributed by atoms with E-state index in [-0.39, 0.29) is 34.4 Å². The average molecular weight is 659 g/mol. The number of thioether (sulfide) groups is 1. The van der Waals surface area contributed by atoms with E-state index in [1.165, 1.54) is 0 Å². The number of likely N-dealkylation sites (tertiary alicyclic amines) is 1. The first kappa shape index (κ1) is 30.9. The first-order valence-corrected chi connectivity index (χ1v) is 16.6. The fourth-order valence-corrected chi connectivity index (χ4v) is 10.4. The fourth-order valence-electron chi connectivity index (χ4n) is 6.82. The maximum absolute atomic E-state index is 14.3. The highest BCUT2D eigenvalue weighted by atomic mass is 79.9. The summed E-state index contributed by atoms with van der Waals surface area (Å²) in [5, 5.41) is 15.3. The van der Waals surface area contributed by atoms with Gasteiger partial charge in [-0.3, -0.25) is 14.4 Å². The van der Waals surface area contributed by atoms with E-state index in [0.717, 1.165) is 41.8 Å². The number of fused-ring (bicyclic) bond motifs is 1. The van der Waals surface area contributed by atoms with Crippen molar-refractivity contribution in [1.29, 1.82) is 0 Å². The van der Waals surface area contributed by atoms with Crippen LogP contribution >= 0.6 is 27.7 Å². The number of benzene rings is 2. The van der Waals surface area contributed by atoms with Crippen molar-refractivity contribution in [3.8, 4) is 5.75 Å². The maximum atomic E-state index is 14.3. The molecule has 2 aromatic rings. The Morgan fingerprint density at radius 1 is 1.07 bits per heavy atom. The Balaban J connectivity index is 1.43. The molecule has 10 heteroatoms. The summed E-state index contributed by atoms with van der Waals surface area (Å²) in [5.74, 6) is -0.934. The highest BCUT2D eigenvalue weighted by Gasteiger charge is 2.75. The zero-order valence-electron chi connectivity index (χ0n) is 24.4. The molecule has 2 aromatic carbocycles. The molecule has 42 heavy (non-hydrogen) atoms. The van der Waals surface area contributed by atoms with Crippen molar-refractivity contribution in [3.63, 3.8) is 0 Å². The van der Waals surface area contributed by atoms with Crippen molar-refractivity contribution in [1.82, 2.24) is 4.90 Å². The molecule has 0 saturated carbocycles. The maximum Gasteiger partial charge on any atom is 0.248 e. The van der Waals surface area contributed by atoms with Crippen LogP contribution in [0.2, 0.25) is 0 Å². The molecule has 3 amide bonds. The standard InChI is InChI=1S/C32H40BrN3O5S/c1-4-41-22-13-11-21(12-14-22)34-29(38)25-26-31(40)36(15-7-5-6-8-16-37)28(32(26)18-23(33)27(25)42-32)30(39)35-24-17-19(2)9-10-20(24)3/h9-14,17,23,25-28,37H,4-8,15-16,18H2,1-3H3,(H,34,38)(H,35,39)/t23?,25-,26+,27-,28?,32?/m1/s1. The molecular formula is C32H40BrN3O5S. The second kappa shape index (κ2) is 13.0. The van der Waals surface area contributed by atoms with Crippen LogP contribution in [0.5, 0.6) is 5.75 Å². The van der Waals surface area contributed by atoms with Gasteiger partial charge in [0.2, 0.25) is 17.7 Å². The van der Waals surface area contributed by atoms with Gasteiger partial charge < -0.3 is 25.4 Å². The number of aryl methyl sites for hydroxylation is 2. The quantitative estimate of drug-likeness (QED) is 0.211. The Kier molecular flexibility index (Phi) is 9.54. The molecule has 5 rings (SSSR count). The molecule has 3 saturated heterocycles. The Morgan fingerprint density at radius 2 is 1.81 bits per heavy atom. The molecule has 8 nitrogen and oxygen atoms in total. The van der Waals surface area contributed by atoms with Crippen LogP contribution in [0.4, 0.5) is 11.4 Å². The Hall–Kier alpha value is -2.56. The fraction of sp³-hybridized carbons (Fsp3) is 0.531. The Morgan fingerprint density at radius 3 is 2.52 bits per heavy atom. The number of carbonyl (C=O) groups excluding carboxylic acids is 3. The molecule has 3 unspecified atom stereocenters. The minimum Gasteiger partial charge on any atom is -0.494 e. The van der Waals surface area contributed by atoms with Crippen molar-refractivity contribution in [2.45, 2.75) is 73.7 Å². The van der Waals surface area contributed by atoms with Crippen molar-refractivity contribution in [2.24, 2.45) is 11.8 Å². The number of amides is 3. The SMILES string of the molecule is CCOc1ccc(NC(=O)[C@H]2[C@@H]3SC4(CC3Br)C(C(=O)Nc3cc(C)ccc3C)N(CCCCCCO)C(=O)[C@H]24)cc1. The molecule has 3 heterocycles. The van der Waals surface area contributed by atoms with Gasteiger partial charge in [0, 0.05) is 34.6 Å². The lowest BCUT2D eigenvalue weighted by Crippen LogP contribution is -2.52. The van der Waals surface area contributed by atoms with Gasteiger partial charge in [-0.2, -0.15) is 0 Å². The predicted molar refractivity (Wildman–Crippen MR) is 170 cm³/mol. The Labute approximate surface area is 260 Å². The largest absolute Gasteiger partial charge is 0.494 e. The number of unbranched alkanes of at least 4 members (excludes halogenated alkanes) is 3. The molecule has 2 bridgehead atoms. The molecule has 3 fully saturated rings. The van der Waals surface area contributed by atoms with Crippen LogP contribution in [0, 0.1) is 25.7 Å². The zero-order valence-corrected chi connectivity index (χ0v) is 26.8. The number of hydrogen-bond acceptors (Lipinski definition) is 6. The van der Waals surface area contributed by atoms with Gasteiger partial charge in [-0.05, 0) is 81.5 Å². The number of nitrogens with zero attached hydrogens (tertiary/aromatic N) is 1. The van der Waals surface area contributed by atoms with E-state index in [1.807, 2.05) is 51.1 Å². The second-order valence-electron chi connectivity index (χ2n) is 11.6. The van der Waals surface area contributed by atoms with E-state index in [2.05, 4.69) is 26.6 Å². The zero-order chi connectivity index (χ0) is 30.0. The van der Waals surface area contributed by atoms with Crippen molar-refractivity contribution in [2.75, 3.05) is 30.4 Å². The number of anilines is 2. The molecule has 0 aromatic heterocycles. The molecular weight excluding hydrogens is 618 g/mol. The topological polar surface area (TPSA) is 108 Å². The third kappa shape index (κ3) is 5.82. The molecule has 6 atom stereocenters. The van der Waals surface area contributed by atoms with Crippen LogP contribution in [-0.2, 0) is 14.4 Å². The smallest absolute Gasteiger partial charge is 0.248 e. The number of alkyl halides is 1. The average Bonchev–Trinajstić information content (AvgIpc) is 3.55. The van der Waals surface area contributed by atoms with Crippen LogP contribution in [0.25, 0.3) is 0 Å². The number of aliphatic hydroxyl groups is 1. The van der Waals surface area contributed by atoms with Gasteiger partial charge in [-0.1, -0.05) is 40.9 Å². The third-order valence-corrected chi connectivity index (χ3v) is 12.0. The van der Waals surface area contributed by atoms with E-state index < -0.39 is 22.6 Å². The summed E-state index contributed by atoms with van der Waals surface area (Å²) in [6.45, 7) is 7.01. The summed E-state index contributed by atoms with van der Waals surface area (Å²) < 4.78 is 4.82. The van der Waals surface area contributed by atoms with E-state index in [9.17, 15) is 19.5 Å². The summed E-state index contributed by atoms with van der Waals surface area (Å²) >= 11 is 5.47. The highest BCUT2D eigenvalue weighted by molar-refractivity contribution is 9.09. The number of nitrogens with one attached hydrogen (secondary N) is 2. The minimum atomic E-state index is -0.705. The summed E-state index contributed by atoms with van der Waals surface area (Å²) in [6, 6.07) is 12.5. The lowest BCUT2D eigenvalue weighted by atomic mass is 9.70. The van der Waals surface area contributed by atoms with Gasteiger partial charge in [0.05, 0.1) is 23.2 Å². The van der Waals surface area contributed by atoms with Crippen LogP contribution < -0.4 is 15.4 Å². The van der Waals surface area contributed by atoms with Gasteiger partial charge in [-0.15, -0.1) is 11.8 Å². The summed E-state index contributed by atoms with van der Waals surface area (Å²) in [6.07, 6.45) is 3.80. The lowest BCUT2D eigenvalue weighted by Gasteiger charge is -2.35. The van der Waals surface area contributed by atoms with Crippen LogP contribution in [0.1, 0.15) is 50.2 Å². The summed E-state index contributed by atoms with van der Waals surface area (Å²) in [5.41, 5.74) is 3.38. The minimum absolute atomic E-state index is 0.00291. The van der Waals surface area contributed by atoms with E-state index in [4.69, 9.17) is 4.74 Å². The molecule has 3 aliphatic rings. The monoisotopic (exact) mass is 657 g/mol. The molecule has 0 aliphatic carbocycles. The number of rotatable bonds is 12. The van der Waals surface area contributed by atoms with Gasteiger partial charge in [-0.25, -0.2) is 0 Å². The molecule has 226 valence electrons. The van der Waals surface area contributed by atoms with Crippen LogP contribution in [-0.4, -0.2) is 68.4 Å². The number of hydrogen-bond donors (Lipinski definition) is 3. The Bertz CT molecular complexity index is 1320. The van der Waals surface area contributed by atoms with E-state index >= 15 is 0 Å². The number of halogens is 1. The van der Waals surface area contributed by atoms with Crippen molar-refractivity contribution in [3.05, 3.63) is 53.6 Å². The van der Waals surface area contributed by atoms with Gasteiger partial charge in [0.25, 0.3) is 0 Å². The number of ether oxygens (including phenoxy) is 1. The van der Waals surface area contributed by atoms with Crippen molar-refractivity contribution >= 4 is 56.8 Å². The van der Waals surface area contributed by atoms with E-state index in [1.54, 1.807) is 28.8 Å². The molecule has 3 aliphatic heterocycles. The molecule has 1 spiro atoms.